The maximum Gasteiger partial charge on any atom is 0.264 e. The molecule has 44 heavy (non-hydrogen) atoms. The Labute approximate surface area is 264 Å². The molecule has 0 aromatic heterocycles. The van der Waals surface area contributed by atoms with Crippen LogP contribution in [0.25, 0.3) is 0 Å². The highest BCUT2D eigenvalue weighted by atomic mass is 35.5. The first-order valence-electron chi connectivity index (χ1n) is 14.2. The van der Waals surface area contributed by atoms with Crippen molar-refractivity contribution in [1.82, 2.24) is 10.2 Å². The zero-order valence-corrected chi connectivity index (χ0v) is 26.5. The third-order valence-electron chi connectivity index (χ3n) is 7.08. The number of likely N-dealkylation sites (N-methyl/N-ethyl adjacent to an activating group) is 1. The quantitative estimate of drug-likeness (QED) is 0.206. The van der Waals surface area contributed by atoms with Crippen LogP contribution in [0, 0.1) is 6.92 Å². The lowest BCUT2D eigenvalue weighted by molar-refractivity contribution is -0.139. The number of halogens is 1. The molecule has 1 unspecified atom stereocenters. The van der Waals surface area contributed by atoms with Crippen LogP contribution < -0.4 is 14.4 Å². The van der Waals surface area contributed by atoms with E-state index in [4.69, 9.17) is 16.3 Å². The summed E-state index contributed by atoms with van der Waals surface area (Å²) in [7, 11) is -2.74. The first-order valence-corrected chi connectivity index (χ1v) is 16.1. The summed E-state index contributed by atoms with van der Waals surface area (Å²) in [4.78, 5) is 29.3. The van der Waals surface area contributed by atoms with Gasteiger partial charge in [-0.25, -0.2) is 8.42 Å². The van der Waals surface area contributed by atoms with Gasteiger partial charge in [0.1, 0.15) is 18.3 Å². The van der Waals surface area contributed by atoms with Crippen LogP contribution >= 0.6 is 11.6 Å². The molecule has 4 aromatic carbocycles. The number of hydrogen-bond acceptors (Lipinski definition) is 5. The Balaban J connectivity index is 1.82. The number of sulfonamides is 1. The summed E-state index contributed by atoms with van der Waals surface area (Å²) in [6.07, 6.45) is 0.215. The van der Waals surface area contributed by atoms with E-state index in [0.29, 0.717) is 22.9 Å². The Bertz CT molecular complexity index is 1680. The highest BCUT2D eigenvalue weighted by molar-refractivity contribution is 7.92. The minimum Gasteiger partial charge on any atom is -0.492 e. The number of nitrogens with zero attached hydrogens (tertiary/aromatic N) is 2. The highest BCUT2D eigenvalue weighted by Crippen LogP contribution is 2.33. The number of carbonyl (C=O) groups excluding carboxylic acids is 2. The zero-order valence-electron chi connectivity index (χ0n) is 24.9. The van der Waals surface area contributed by atoms with Gasteiger partial charge in [-0.05, 0) is 61.4 Å². The van der Waals surface area contributed by atoms with Crippen LogP contribution in [0.3, 0.4) is 0 Å². The fraction of sp³-hybridized carbons (Fsp3) is 0.235. The lowest BCUT2D eigenvalue weighted by Gasteiger charge is -2.34. The molecule has 2 amide bonds. The number of aryl methyl sites for hydroxylation is 1. The molecule has 230 valence electrons. The average Bonchev–Trinajstić information content (AvgIpc) is 3.02. The minimum absolute atomic E-state index is 0.0237. The van der Waals surface area contributed by atoms with E-state index in [1.165, 1.54) is 24.1 Å². The van der Waals surface area contributed by atoms with Gasteiger partial charge in [0.05, 0.1) is 17.2 Å². The second kappa shape index (κ2) is 14.9. The molecular formula is C34H36ClN3O5S. The summed E-state index contributed by atoms with van der Waals surface area (Å²) in [6.45, 7) is 3.39. The summed E-state index contributed by atoms with van der Waals surface area (Å²) >= 11 is 6.27. The van der Waals surface area contributed by atoms with Crippen LogP contribution in [0.1, 0.15) is 23.6 Å². The van der Waals surface area contributed by atoms with E-state index in [0.717, 1.165) is 15.4 Å². The van der Waals surface area contributed by atoms with Crippen molar-refractivity contribution in [3.8, 4) is 5.75 Å². The monoisotopic (exact) mass is 633 g/mol. The molecule has 0 aliphatic carbocycles. The van der Waals surface area contributed by atoms with Crippen LogP contribution in [0.4, 0.5) is 5.69 Å². The van der Waals surface area contributed by atoms with Gasteiger partial charge in [0, 0.05) is 25.0 Å². The van der Waals surface area contributed by atoms with Gasteiger partial charge in [0.2, 0.25) is 11.8 Å². The smallest absolute Gasteiger partial charge is 0.264 e. The Morgan fingerprint density at radius 3 is 2.20 bits per heavy atom. The molecule has 0 heterocycles. The van der Waals surface area contributed by atoms with E-state index in [9.17, 15) is 18.0 Å². The van der Waals surface area contributed by atoms with E-state index in [1.54, 1.807) is 67.6 Å². The molecule has 4 aromatic rings. The van der Waals surface area contributed by atoms with Crippen LogP contribution in [-0.2, 0) is 32.6 Å². The molecule has 1 atom stereocenters. The van der Waals surface area contributed by atoms with E-state index in [-0.39, 0.29) is 29.5 Å². The number of nitrogens with one attached hydrogen (secondary N) is 1. The molecule has 0 bridgehead atoms. The van der Waals surface area contributed by atoms with Crippen molar-refractivity contribution in [2.75, 3.05) is 24.5 Å². The number of ether oxygens (including phenoxy) is 1. The van der Waals surface area contributed by atoms with Gasteiger partial charge in [0.15, 0.2) is 0 Å². The zero-order chi connectivity index (χ0) is 31.7. The number of benzene rings is 4. The Kier molecular flexibility index (Phi) is 11.0. The van der Waals surface area contributed by atoms with E-state index in [2.05, 4.69) is 5.32 Å². The standard InChI is InChI=1S/C34H36ClN3O5S/c1-4-43-32-16-9-8-15-30(32)38(44(41,42)29-19-17-25(2)18-20-29)24-33(39)37(23-27-13-10-14-28(35)21-27)31(34(40)36-3)22-26-11-6-5-7-12-26/h5-21,31H,4,22-24H2,1-3H3,(H,36,40). The van der Waals surface area contributed by atoms with Gasteiger partial charge in [-0.3, -0.25) is 13.9 Å². The van der Waals surface area contributed by atoms with Gasteiger partial charge in [0.25, 0.3) is 10.0 Å². The van der Waals surface area contributed by atoms with Crippen LogP contribution in [0.2, 0.25) is 5.02 Å². The normalized spacial score (nSPS) is 11.8. The number of carbonyl (C=O) groups is 2. The molecule has 8 nitrogen and oxygen atoms in total. The molecule has 0 saturated carbocycles. The number of amides is 2. The van der Waals surface area contributed by atoms with Crippen molar-refractivity contribution < 1.29 is 22.7 Å². The van der Waals surface area contributed by atoms with Gasteiger partial charge in [-0.15, -0.1) is 0 Å². The average molecular weight is 634 g/mol. The van der Waals surface area contributed by atoms with Gasteiger partial charge in [-0.1, -0.05) is 83.9 Å². The second-order valence-electron chi connectivity index (χ2n) is 10.2. The SMILES string of the molecule is CCOc1ccccc1N(CC(=O)N(Cc1cccc(Cl)c1)C(Cc1ccccc1)C(=O)NC)S(=O)(=O)c1ccc(C)cc1. The highest BCUT2D eigenvalue weighted by Gasteiger charge is 2.35. The summed E-state index contributed by atoms with van der Waals surface area (Å²) in [5.41, 5.74) is 2.64. The summed E-state index contributed by atoms with van der Waals surface area (Å²) < 4.78 is 35.3. The fourth-order valence-corrected chi connectivity index (χ4v) is 6.48. The Morgan fingerprint density at radius 1 is 0.886 bits per heavy atom. The van der Waals surface area contributed by atoms with E-state index < -0.39 is 28.5 Å². The van der Waals surface area contributed by atoms with Crippen LogP contribution in [-0.4, -0.2) is 51.4 Å². The molecule has 0 saturated heterocycles. The fourth-order valence-electron chi connectivity index (χ4n) is 4.84. The number of rotatable bonds is 13. The van der Waals surface area contributed by atoms with Gasteiger partial charge >= 0.3 is 0 Å². The predicted molar refractivity (Wildman–Crippen MR) is 173 cm³/mol. The van der Waals surface area contributed by atoms with Crippen LogP contribution in [0.5, 0.6) is 5.75 Å². The predicted octanol–water partition coefficient (Wildman–Crippen LogP) is 5.63. The van der Waals surface area contributed by atoms with Crippen molar-refractivity contribution in [2.45, 2.75) is 37.8 Å². The second-order valence-corrected chi connectivity index (χ2v) is 12.5. The van der Waals surface area contributed by atoms with Crippen molar-refractivity contribution in [3.63, 3.8) is 0 Å². The summed E-state index contributed by atoms with van der Waals surface area (Å²) in [6, 6.07) is 28.5. The van der Waals surface area contributed by atoms with E-state index in [1.807, 2.05) is 37.3 Å². The largest absolute Gasteiger partial charge is 0.492 e. The molecular weight excluding hydrogens is 598 g/mol. The third kappa shape index (κ3) is 7.98. The topological polar surface area (TPSA) is 96.0 Å². The lowest BCUT2D eigenvalue weighted by Crippen LogP contribution is -2.53. The van der Waals surface area contributed by atoms with Crippen molar-refractivity contribution in [3.05, 3.63) is 125 Å². The third-order valence-corrected chi connectivity index (χ3v) is 9.09. The molecule has 0 aliphatic rings. The molecule has 0 aliphatic heterocycles. The minimum atomic E-state index is -4.25. The molecule has 0 fully saturated rings. The van der Waals surface area contributed by atoms with Crippen LogP contribution in [0.15, 0.2) is 108 Å². The first-order chi connectivity index (χ1) is 21.1. The first kappa shape index (κ1) is 32.6. The lowest BCUT2D eigenvalue weighted by atomic mass is 10.0. The molecule has 0 spiro atoms. The molecule has 0 radical (unpaired) electrons. The van der Waals surface area contributed by atoms with E-state index >= 15 is 0 Å². The Morgan fingerprint density at radius 2 is 1.55 bits per heavy atom. The number of para-hydroxylation sites is 2. The Hall–Kier alpha value is -4.34. The number of anilines is 1. The maximum absolute atomic E-state index is 14.4. The summed E-state index contributed by atoms with van der Waals surface area (Å²) in [5, 5.41) is 3.15. The van der Waals surface area contributed by atoms with Crippen molar-refractivity contribution >= 4 is 39.1 Å². The molecule has 10 heteroatoms. The van der Waals surface area contributed by atoms with Gasteiger partial charge < -0.3 is 15.0 Å². The summed E-state index contributed by atoms with van der Waals surface area (Å²) in [5.74, 6) is -0.643. The molecule has 4 rings (SSSR count). The molecule has 1 N–H and O–H groups in total. The van der Waals surface area contributed by atoms with Crippen molar-refractivity contribution in [2.24, 2.45) is 0 Å². The van der Waals surface area contributed by atoms with Gasteiger partial charge in [-0.2, -0.15) is 0 Å². The van der Waals surface area contributed by atoms with Crippen molar-refractivity contribution in [1.29, 1.82) is 0 Å². The maximum atomic E-state index is 14.4. The number of hydrogen-bond donors (Lipinski definition) is 1.